The van der Waals surface area contributed by atoms with Gasteiger partial charge in [-0.3, -0.25) is 19.2 Å². The molecule has 0 spiro atoms. The van der Waals surface area contributed by atoms with Gasteiger partial charge in [0.1, 0.15) is 30.2 Å². The van der Waals surface area contributed by atoms with E-state index in [-0.39, 0.29) is 25.2 Å². The number of ether oxygens (including phenoxy) is 1. The van der Waals surface area contributed by atoms with Gasteiger partial charge in [0.2, 0.25) is 23.6 Å². The number of nitrogens with one attached hydrogen (secondary N) is 6. The van der Waals surface area contributed by atoms with Crippen LogP contribution in [0.25, 0.3) is 0 Å². The van der Waals surface area contributed by atoms with Gasteiger partial charge in [-0.05, 0) is 45.1 Å². The van der Waals surface area contributed by atoms with Crippen LogP contribution in [0.5, 0.6) is 0 Å². The number of rotatable bonds is 19. The fourth-order valence-electron chi connectivity index (χ4n) is 4.70. The highest BCUT2D eigenvalue weighted by Crippen LogP contribution is 2.08. The minimum absolute atomic E-state index is 0.00794. The molecule has 0 saturated carbocycles. The van der Waals surface area contributed by atoms with Gasteiger partial charge in [0, 0.05) is 31.4 Å². The highest BCUT2D eigenvalue weighted by molar-refractivity contribution is 5.96. The van der Waals surface area contributed by atoms with Gasteiger partial charge in [0.15, 0.2) is 0 Å². The summed E-state index contributed by atoms with van der Waals surface area (Å²) in [4.78, 5) is 85.1. The topological polar surface area (TPSA) is 270 Å². The highest BCUT2D eigenvalue weighted by atomic mass is 16.5. The summed E-state index contributed by atoms with van der Waals surface area (Å²) in [5.74, 6) is -4.32. The molecule has 0 bridgehead atoms. The third-order valence-electron chi connectivity index (χ3n) is 7.36. The minimum Gasteiger partial charge on any atom is -0.480 e. The van der Waals surface area contributed by atoms with Gasteiger partial charge in [-0.2, -0.15) is 0 Å². The summed E-state index contributed by atoms with van der Waals surface area (Å²) in [5, 5.41) is 32.0. The van der Waals surface area contributed by atoms with Gasteiger partial charge >= 0.3 is 12.0 Å². The van der Waals surface area contributed by atoms with E-state index < -0.39 is 72.4 Å². The van der Waals surface area contributed by atoms with Gasteiger partial charge in [-0.25, -0.2) is 14.6 Å². The van der Waals surface area contributed by atoms with Crippen molar-refractivity contribution in [3.8, 4) is 0 Å². The van der Waals surface area contributed by atoms with Crippen LogP contribution in [0.2, 0.25) is 0 Å². The highest BCUT2D eigenvalue weighted by Gasteiger charge is 2.32. The molecule has 2 heterocycles. The molecule has 18 heteroatoms. The Hall–Kier alpha value is -4.29. The number of carbonyl (C=O) groups excluding carboxylic acids is 5. The van der Waals surface area contributed by atoms with E-state index >= 15 is 0 Å². The van der Waals surface area contributed by atoms with Crippen LogP contribution in [0.4, 0.5) is 4.79 Å². The van der Waals surface area contributed by atoms with Crippen molar-refractivity contribution in [3.05, 3.63) is 18.2 Å². The zero-order chi connectivity index (χ0) is 34.9. The van der Waals surface area contributed by atoms with E-state index in [0.717, 1.165) is 0 Å². The number of amides is 6. The molecule has 18 nitrogen and oxygen atoms in total. The molecule has 0 unspecified atom stereocenters. The summed E-state index contributed by atoms with van der Waals surface area (Å²) in [6.45, 7) is 5.88. The Morgan fingerprint density at radius 3 is 2.09 bits per heavy atom. The van der Waals surface area contributed by atoms with Crippen molar-refractivity contribution in [2.24, 2.45) is 11.7 Å². The third kappa shape index (κ3) is 13.5. The molecule has 1 aliphatic heterocycles. The molecule has 0 aromatic carbocycles. The quantitative estimate of drug-likeness (QED) is 0.0700. The molecule has 0 aliphatic carbocycles. The van der Waals surface area contributed by atoms with E-state index in [1.165, 1.54) is 24.3 Å². The van der Waals surface area contributed by atoms with Gasteiger partial charge in [-0.15, -0.1) is 0 Å². The van der Waals surface area contributed by atoms with Crippen LogP contribution in [0.1, 0.15) is 52.1 Å². The first-order chi connectivity index (χ1) is 22.4. The van der Waals surface area contributed by atoms with E-state index in [9.17, 15) is 39.0 Å². The maximum absolute atomic E-state index is 13.3. The Bertz CT molecular complexity index is 1180. The van der Waals surface area contributed by atoms with Crippen LogP contribution < -0.4 is 32.3 Å². The summed E-state index contributed by atoms with van der Waals surface area (Å²) in [6.07, 6.45) is 4.29. The zero-order valence-electron chi connectivity index (χ0n) is 27.1. The number of nitrogens with zero attached hydrogens (tertiary/aromatic N) is 2. The van der Waals surface area contributed by atoms with Crippen molar-refractivity contribution < 1.29 is 43.7 Å². The molecule has 1 aromatic heterocycles. The van der Waals surface area contributed by atoms with Crippen LogP contribution in [-0.2, 0) is 35.1 Å². The number of hydrogen-bond donors (Lipinski definition) is 9. The first-order valence-electron chi connectivity index (χ1n) is 15.7. The molecular weight excluding hydrogens is 618 g/mol. The lowest BCUT2D eigenvalue weighted by molar-refractivity contribution is -0.142. The third-order valence-corrected chi connectivity index (χ3v) is 7.36. The number of carbonyl (C=O) groups is 6. The number of carboxylic acid groups (broad SMARTS) is 1. The number of morpholine rings is 1. The fraction of sp³-hybridized carbons (Fsp3) is 0.690. The van der Waals surface area contributed by atoms with E-state index in [1.54, 1.807) is 0 Å². The first-order valence-corrected chi connectivity index (χ1v) is 15.7. The maximum atomic E-state index is 13.3. The number of nitrogens with two attached hydrogens (primary N) is 1. The van der Waals surface area contributed by atoms with Crippen LogP contribution in [0.15, 0.2) is 12.5 Å². The second-order valence-electron chi connectivity index (χ2n) is 11.7. The summed E-state index contributed by atoms with van der Waals surface area (Å²) in [5.41, 5.74) is 6.10. The molecular formula is C29H49N9O9. The van der Waals surface area contributed by atoms with E-state index in [1.807, 2.05) is 13.8 Å². The number of aliphatic hydroxyl groups excluding tert-OH is 1. The number of aromatic amines is 1. The number of H-pyrrole nitrogens is 1. The molecule has 1 aliphatic rings. The fourth-order valence-corrected chi connectivity index (χ4v) is 4.70. The van der Waals surface area contributed by atoms with Crippen LogP contribution in [-0.4, -0.2) is 130 Å². The molecule has 2 rings (SSSR count). The molecule has 1 fully saturated rings. The molecule has 6 amide bonds. The van der Waals surface area contributed by atoms with Crippen molar-refractivity contribution in [3.63, 3.8) is 0 Å². The first kappa shape index (κ1) is 38.9. The average Bonchev–Trinajstić information content (AvgIpc) is 3.55. The van der Waals surface area contributed by atoms with Gasteiger partial charge in [0.05, 0.1) is 26.1 Å². The van der Waals surface area contributed by atoms with Crippen LogP contribution in [0.3, 0.4) is 0 Å². The minimum atomic E-state index is -1.49. The van der Waals surface area contributed by atoms with Crippen molar-refractivity contribution in [1.29, 1.82) is 0 Å². The molecule has 10 N–H and O–H groups in total. The lowest BCUT2D eigenvalue weighted by Gasteiger charge is -2.29. The monoisotopic (exact) mass is 667 g/mol. The predicted molar refractivity (Wildman–Crippen MR) is 167 cm³/mol. The summed E-state index contributed by atoms with van der Waals surface area (Å²) in [7, 11) is 0. The van der Waals surface area contributed by atoms with Crippen molar-refractivity contribution in [1.82, 2.24) is 41.5 Å². The summed E-state index contributed by atoms with van der Waals surface area (Å²) >= 11 is 0. The largest absolute Gasteiger partial charge is 0.480 e. The number of aliphatic carboxylic acids is 1. The Balaban J connectivity index is 2.06. The van der Waals surface area contributed by atoms with Gasteiger partial charge in [0.25, 0.3) is 0 Å². The second-order valence-corrected chi connectivity index (χ2v) is 11.7. The molecule has 1 aromatic rings. The second kappa shape index (κ2) is 20.1. The van der Waals surface area contributed by atoms with Crippen molar-refractivity contribution >= 4 is 35.6 Å². The lowest BCUT2D eigenvalue weighted by atomic mass is 10.0. The number of aromatic nitrogens is 2. The number of hydrogen-bond acceptors (Lipinski definition) is 10. The number of carboxylic acids is 1. The van der Waals surface area contributed by atoms with Crippen LogP contribution >= 0.6 is 0 Å². The molecule has 47 heavy (non-hydrogen) atoms. The van der Waals surface area contributed by atoms with Gasteiger partial charge in [-0.1, -0.05) is 13.8 Å². The molecule has 0 radical (unpaired) electrons. The van der Waals surface area contributed by atoms with E-state index in [2.05, 4.69) is 36.6 Å². The van der Waals surface area contributed by atoms with E-state index in [0.29, 0.717) is 51.4 Å². The Morgan fingerprint density at radius 1 is 0.894 bits per heavy atom. The number of unbranched alkanes of at least 4 members (excludes halogenated alkanes) is 1. The number of imidazole rings is 1. The smallest absolute Gasteiger partial charge is 0.326 e. The number of urea groups is 1. The Labute approximate surface area is 273 Å². The zero-order valence-corrected chi connectivity index (χ0v) is 27.1. The summed E-state index contributed by atoms with van der Waals surface area (Å²) in [6, 6.07) is -6.62. The SMILES string of the molecule is CC(C)C[C@H](NC(=O)[C@H](CCCCN)NC(=O)[C@H](C)NC(=O)[C@H](CO)NC(=O)[C@H](Cc1cnc[nH]1)NC(=O)N1CCOCC1)C(=O)O. The molecule has 1 saturated heterocycles. The maximum Gasteiger partial charge on any atom is 0.326 e. The average molecular weight is 668 g/mol. The van der Waals surface area contributed by atoms with Crippen molar-refractivity contribution in [2.45, 2.75) is 83.1 Å². The summed E-state index contributed by atoms with van der Waals surface area (Å²) < 4.78 is 5.26. The van der Waals surface area contributed by atoms with Crippen molar-refractivity contribution in [2.75, 3.05) is 39.5 Å². The number of aliphatic hydroxyl groups is 1. The lowest BCUT2D eigenvalue weighted by Crippen LogP contribution is -2.60. The standard InChI is InChI=1S/C29H49N9O9/c1-17(2)12-22(28(44)45)35-25(41)20(6-4-5-7-30)34-24(40)18(3)33-27(43)23(15-39)36-26(42)21(13-19-14-31-16-32-19)37-29(46)38-8-10-47-11-9-38/h14,16-18,20-23,39H,4-13,15,30H2,1-3H3,(H,31,32)(H,33,43)(H,34,40)(H,35,41)(H,36,42)(H,37,46)(H,44,45)/t18-,20-,21-,22-,23-/m0/s1. The molecule has 264 valence electrons. The Kier molecular flexibility index (Phi) is 16.6. The predicted octanol–water partition coefficient (Wildman–Crippen LogP) is -2.43. The normalized spacial score (nSPS) is 16.3. The Morgan fingerprint density at radius 2 is 1.51 bits per heavy atom. The van der Waals surface area contributed by atoms with E-state index in [4.69, 9.17) is 10.5 Å². The molecule has 5 atom stereocenters. The van der Waals surface area contributed by atoms with Crippen LogP contribution in [0, 0.1) is 5.92 Å². The van der Waals surface area contributed by atoms with Gasteiger partial charge < -0.3 is 57.2 Å².